The van der Waals surface area contributed by atoms with Crippen molar-refractivity contribution in [2.24, 2.45) is 0 Å². The first kappa shape index (κ1) is 34.1. The molecule has 1 atom stereocenters. The first-order valence-corrected chi connectivity index (χ1v) is 16.6. The number of benzene rings is 3. The number of carbonyl (C=O) groups is 1. The molecule has 1 aromatic heterocycles. The number of amides is 1. The molecule has 1 saturated heterocycles. The standard InChI is InChI=1S/C37H49N5O5/c1-6-47-24-23-42-32-16-11-10-15-31(32)38-37(42)41-19-12-18-40(21-22-41)20-17-29(28-13-8-7-9-14-28)27-39(2)36(43)30-25-33(44-3)35(46-5)34(26-30)45-4/h7-11,13-16,25-26,29H,6,12,17-24,27H2,1-5H3. The molecular formula is C37H49N5O5. The van der Waals surface area contributed by atoms with E-state index in [1.54, 1.807) is 38.4 Å². The Morgan fingerprint density at radius 3 is 2.32 bits per heavy atom. The number of ether oxygens (including phenoxy) is 4. The lowest BCUT2D eigenvalue weighted by Gasteiger charge is -2.28. The van der Waals surface area contributed by atoms with Crippen molar-refractivity contribution in [2.75, 3.05) is 85.8 Å². The Hall–Kier alpha value is -4.28. The fraction of sp³-hybridized carbons (Fsp3) is 0.459. The minimum Gasteiger partial charge on any atom is -0.493 e. The van der Waals surface area contributed by atoms with Gasteiger partial charge in [0.05, 0.1) is 39.0 Å². The maximum atomic E-state index is 13.7. The number of para-hydroxylation sites is 2. The molecule has 1 fully saturated rings. The van der Waals surface area contributed by atoms with Crippen LogP contribution in [0.2, 0.25) is 0 Å². The van der Waals surface area contributed by atoms with E-state index in [2.05, 4.69) is 62.9 Å². The summed E-state index contributed by atoms with van der Waals surface area (Å²) in [4.78, 5) is 25.5. The van der Waals surface area contributed by atoms with Crippen molar-refractivity contribution in [3.05, 3.63) is 77.9 Å². The number of likely N-dealkylation sites (N-methyl/N-ethyl adjacent to an activating group) is 1. The Morgan fingerprint density at radius 2 is 1.62 bits per heavy atom. The number of fused-ring (bicyclic) bond motifs is 1. The van der Waals surface area contributed by atoms with E-state index in [0.717, 1.165) is 69.1 Å². The molecule has 2 heterocycles. The van der Waals surface area contributed by atoms with Gasteiger partial charge in [0.2, 0.25) is 11.7 Å². The second-order valence-corrected chi connectivity index (χ2v) is 11.9. The normalized spacial score (nSPS) is 14.5. The largest absolute Gasteiger partial charge is 0.493 e. The van der Waals surface area contributed by atoms with Crippen LogP contribution in [-0.2, 0) is 11.3 Å². The van der Waals surface area contributed by atoms with Crippen LogP contribution in [0.3, 0.4) is 0 Å². The molecule has 0 aliphatic carbocycles. The second-order valence-electron chi connectivity index (χ2n) is 11.9. The average Bonchev–Trinajstić information content (AvgIpc) is 3.31. The molecule has 1 amide bonds. The van der Waals surface area contributed by atoms with Gasteiger partial charge in [-0.05, 0) is 62.7 Å². The first-order valence-electron chi connectivity index (χ1n) is 16.6. The van der Waals surface area contributed by atoms with Gasteiger partial charge in [-0.1, -0.05) is 42.5 Å². The van der Waals surface area contributed by atoms with Crippen LogP contribution in [0.15, 0.2) is 66.7 Å². The third-order valence-corrected chi connectivity index (χ3v) is 8.99. The molecule has 0 spiro atoms. The van der Waals surface area contributed by atoms with Gasteiger partial charge in [-0.15, -0.1) is 0 Å². The third-order valence-electron chi connectivity index (χ3n) is 8.99. The van der Waals surface area contributed by atoms with Crippen LogP contribution in [0.5, 0.6) is 17.2 Å². The molecule has 1 aliphatic heterocycles. The topological polar surface area (TPSA) is 81.5 Å². The summed E-state index contributed by atoms with van der Waals surface area (Å²) in [6.07, 6.45) is 1.99. The molecule has 0 N–H and O–H groups in total. The van der Waals surface area contributed by atoms with Crippen molar-refractivity contribution in [1.82, 2.24) is 19.4 Å². The molecular weight excluding hydrogens is 594 g/mol. The van der Waals surface area contributed by atoms with Crippen molar-refractivity contribution in [1.29, 1.82) is 0 Å². The Bertz CT molecular complexity index is 1570. The van der Waals surface area contributed by atoms with Crippen LogP contribution in [0.4, 0.5) is 5.95 Å². The molecule has 252 valence electrons. The molecule has 3 aromatic carbocycles. The number of anilines is 1. The summed E-state index contributed by atoms with van der Waals surface area (Å²) in [6.45, 7) is 9.57. The number of hydrogen-bond acceptors (Lipinski definition) is 8. The average molecular weight is 644 g/mol. The van der Waals surface area contributed by atoms with Crippen LogP contribution < -0.4 is 19.1 Å². The molecule has 5 rings (SSSR count). The molecule has 47 heavy (non-hydrogen) atoms. The van der Waals surface area contributed by atoms with E-state index in [9.17, 15) is 4.79 Å². The van der Waals surface area contributed by atoms with Crippen LogP contribution in [-0.4, -0.2) is 106 Å². The monoisotopic (exact) mass is 643 g/mol. The highest BCUT2D eigenvalue weighted by Gasteiger charge is 2.25. The van der Waals surface area contributed by atoms with E-state index in [1.165, 1.54) is 5.56 Å². The molecule has 0 radical (unpaired) electrons. The Labute approximate surface area is 278 Å². The minimum absolute atomic E-state index is 0.0946. The van der Waals surface area contributed by atoms with Gasteiger partial charge in [-0.3, -0.25) is 4.79 Å². The number of methoxy groups -OCH3 is 3. The number of rotatable bonds is 15. The van der Waals surface area contributed by atoms with Crippen LogP contribution in [0.1, 0.15) is 41.6 Å². The maximum Gasteiger partial charge on any atom is 0.253 e. The zero-order valence-corrected chi connectivity index (χ0v) is 28.5. The van der Waals surface area contributed by atoms with Gasteiger partial charge in [0, 0.05) is 57.9 Å². The number of carbonyl (C=O) groups excluding carboxylic acids is 1. The zero-order valence-electron chi connectivity index (χ0n) is 28.5. The van der Waals surface area contributed by atoms with E-state index in [0.29, 0.717) is 42.6 Å². The highest BCUT2D eigenvalue weighted by molar-refractivity contribution is 5.95. The predicted molar refractivity (Wildman–Crippen MR) is 186 cm³/mol. The maximum absolute atomic E-state index is 13.7. The van der Waals surface area contributed by atoms with Crippen molar-refractivity contribution in [3.63, 3.8) is 0 Å². The van der Waals surface area contributed by atoms with Crippen LogP contribution in [0, 0.1) is 0 Å². The number of imidazole rings is 1. The van der Waals surface area contributed by atoms with E-state index >= 15 is 0 Å². The molecule has 1 aliphatic rings. The van der Waals surface area contributed by atoms with E-state index in [-0.39, 0.29) is 11.8 Å². The zero-order chi connectivity index (χ0) is 33.2. The summed E-state index contributed by atoms with van der Waals surface area (Å²) in [5.41, 5.74) is 3.90. The molecule has 1 unspecified atom stereocenters. The van der Waals surface area contributed by atoms with Crippen molar-refractivity contribution >= 4 is 22.9 Å². The fourth-order valence-corrected chi connectivity index (χ4v) is 6.48. The van der Waals surface area contributed by atoms with Crippen molar-refractivity contribution < 1.29 is 23.7 Å². The summed E-state index contributed by atoms with van der Waals surface area (Å²) >= 11 is 0. The van der Waals surface area contributed by atoms with Gasteiger partial charge < -0.3 is 38.2 Å². The molecule has 0 saturated carbocycles. The molecule has 10 heteroatoms. The van der Waals surface area contributed by atoms with Gasteiger partial charge in [0.15, 0.2) is 11.5 Å². The molecule has 10 nitrogen and oxygen atoms in total. The Kier molecular flexibility index (Phi) is 12.0. The fourth-order valence-electron chi connectivity index (χ4n) is 6.48. The number of nitrogens with zero attached hydrogens (tertiary/aromatic N) is 5. The number of hydrogen-bond donors (Lipinski definition) is 0. The first-order chi connectivity index (χ1) is 23.0. The van der Waals surface area contributed by atoms with Gasteiger partial charge in [0.25, 0.3) is 5.91 Å². The summed E-state index contributed by atoms with van der Waals surface area (Å²) in [6, 6.07) is 22.3. The van der Waals surface area contributed by atoms with Crippen molar-refractivity contribution in [3.8, 4) is 17.2 Å². The summed E-state index contributed by atoms with van der Waals surface area (Å²) in [5.74, 6) is 2.50. The lowest BCUT2D eigenvalue weighted by Crippen LogP contribution is -2.35. The second kappa shape index (κ2) is 16.5. The van der Waals surface area contributed by atoms with Crippen LogP contribution >= 0.6 is 0 Å². The minimum atomic E-state index is -0.0946. The van der Waals surface area contributed by atoms with Crippen molar-refractivity contribution in [2.45, 2.75) is 32.2 Å². The summed E-state index contributed by atoms with van der Waals surface area (Å²) in [5, 5.41) is 0. The Balaban J connectivity index is 1.26. The van der Waals surface area contributed by atoms with Gasteiger partial charge >= 0.3 is 0 Å². The Morgan fingerprint density at radius 1 is 0.894 bits per heavy atom. The van der Waals surface area contributed by atoms with Gasteiger partial charge in [-0.2, -0.15) is 0 Å². The number of aromatic nitrogens is 2. The predicted octanol–water partition coefficient (Wildman–Crippen LogP) is 5.56. The van der Waals surface area contributed by atoms with Gasteiger partial charge in [-0.25, -0.2) is 4.98 Å². The lowest BCUT2D eigenvalue weighted by atomic mass is 9.94. The summed E-state index contributed by atoms with van der Waals surface area (Å²) < 4.78 is 24.5. The lowest BCUT2D eigenvalue weighted by molar-refractivity contribution is 0.0782. The molecule has 0 bridgehead atoms. The third kappa shape index (κ3) is 8.18. The van der Waals surface area contributed by atoms with Gasteiger partial charge in [0.1, 0.15) is 0 Å². The SMILES string of the molecule is CCOCCn1c(N2CCCN(CCC(CN(C)C(=O)c3cc(OC)c(OC)c(OC)c3)c3ccccc3)CC2)nc2ccccc21. The summed E-state index contributed by atoms with van der Waals surface area (Å²) in [7, 11) is 6.53. The highest BCUT2D eigenvalue weighted by Crippen LogP contribution is 2.38. The highest BCUT2D eigenvalue weighted by atomic mass is 16.5. The van der Waals surface area contributed by atoms with E-state index < -0.39 is 0 Å². The molecule has 4 aromatic rings. The van der Waals surface area contributed by atoms with E-state index in [1.807, 2.05) is 20.0 Å². The smallest absolute Gasteiger partial charge is 0.253 e. The van der Waals surface area contributed by atoms with E-state index in [4.69, 9.17) is 23.9 Å². The quantitative estimate of drug-likeness (QED) is 0.156. The van der Waals surface area contributed by atoms with Crippen LogP contribution in [0.25, 0.3) is 11.0 Å².